The molecule has 0 N–H and O–H groups in total. The lowest BCUT2D eigenvalue weighted by molar-refractivity contribution is 0.699. The molecule has 0 aliphatic heterocycles. The van der Waals surface area contributed by atoms with Crippen molar-refractivity contribution in [2.45, 2.75) is 20.3 Å². The van der Waals surface area contributed by atoms with Crippen molar-refractivity contribution in [2.75, 3.05) is 0 Å². The second kappa shape index (κ2) is 4.57. The van der Waals surface area contributed by atoms with Crippen LogP contribution in [0.25, 0.3) is 0 Å². The van der Waals surface area contributed by atoms with Crippen molar-refractivity contribution in [3.05, 3.63) is 9.47 Å². The highest BCUT2D eigenvalue weighted by molar-refractivity contribution is 9.28. The monoisotopic (exact) mass is 240 g/mol. The van der Waals surface area contributed by atoms with Gasteiger partial charge in [-0.25, -0.2) is 0 Å². The number of allylic oxidation sites excluding steroid dienone is 1. The van der Waals surface area contributed by atoms with Gasteiger partial charge in [-0.2, -0.15) is 0 Å². The normalized spacial score (nSPS) is 13.0. The first kappa shape index (κ1) is 8.70. The van der Waals surface area contributed by atoms with E-state index in [4.69, 9.17) is 0 Å². The molecule has 0 unspecified atom stereocenters. The highest BCUT2D eigenvalue weighted by Crippen LogP contribution is 2.17. The van der Waals surface area contributed by atoms with Crippen LogP contribution in [0.3, 0.4) is 0 Å². The van der Waals surface area contributed by atoms with Crippen LogP contribution >= 0.6 is 31.9 Å². The zero-order valence-corrected chi connectivity index (χ0v) is 8.29. The van der Waals surface area contributed by atoms with Gasteiger partial charge in [-0.15, -0.1) is 0 Å². The molecule has 0 aromatic heterocycles. The zero-order chi connectivity index (χ0) is 6.57. The van der Waals surface area contributed by atoms with Gasteiger partial charge >= 0.3 is 0 Å². The minimum atomic E-state index is 0.670. The summed E-state index contributed by atoms with van der Waals surface area (Å²) < 4.78 is 1.05. The van der Waals surface area contributed by atoms with Crippen LogP contribution in [0.1, 0.15) is 20.3 Å². The molecule has 0 bridgehead atoms. The highest BCUT2D eigenvalue weighted by Gasteiger charge is 1.91. The summed E-state index contributed by atoms with van der Waals surface area (Å²) in [5.41, 5.74) is 0. The van der Waals surface area contributed by atoms with Crippen molar-refractivity contribution in [1.82, 2.24) is 0 Å². The first-order valence-corrected chi connectivity index (χ1v) is 4.28. The van der Waals surface area contributed by atoms with Gasteiger partial charge in [0.15, 0.2) is 0 Å². The predicted octanol–water partition coefficient (Wildman–Crippen LogP) is 3.66. The van der Waals surface area contributed by atoms with E-state index < -0.39 is 0 Å². The zero-order valence-electron chi connectivity index (χ0n) is 5.12. The molecule has 0 amide bonds. The van der Waals surface area contributed by atoms with Crippen molar-refractivity contribution in [3.8, 4) is 0 Å². The molecule has 0 rings (SSSR count). The van der Waals surface area contributed by atoms with Gasteiger partial charge in [-0.1, -0.05) is 26.3 Å². The Morgan fingerprint density at radius 1 is 1.62 bits per heavy atom. The van der Waals surface area contributed by atoms with Crippen molar-refractivity contribution < 1.29 is 0 Å². The molecular formula is C6H10Br2. The third-order valence-corrected chi connectivity index (χ3v) is 1.58. The summed E-state index contributed by atoms with van der Waals surface area (Å²) >= 11 is 6.59. The lowest BCUT2D eigenvalue weighted by atomic mass is 10.1. The average molecular weight is 242 g/mol. The van der Waals surface area contributed by atoms with Crippen molar-refractivity contribution in [1.29, 1.82) is 0 Å². The molecule has 0 nitrogen and oxygen atoms in total. The standard InChI is InChI=1S/C6H10Br2/c1-3-5(2)4-6(7)8/h4-5H,3H2,1-2H3/t5-/m0/s1. The van der Waals surface area contributed by atoms with Gasteiger partial charge in [0.25, 0.3) is 0 Å². The number of halogens is 2. The van der Waals surface area contributed by atoms with Crippen LogP contribution in [0.15, 0.2) is 9.47 Å². The van der Waals surface area contributed by atoms with E-state index in [1.54, 1.807) is 0 Å². The maximum absolute atomic E-state index is 3.29. The Kier molecular flexibility index (Phi) is 4.97. The van der Waals surface area contributed by atoms with Crippen LogP contribution in [0, 0.1) is 5.92 Å². The molecular weight excluding hydrogens is 232 g/mol. The van der Waals surface area contributed by atoms with Crippen LogP contribution in [0.4, 0.5) is 0 Å². The van der Waals surface area contributed by atoms with Crippen molar-refractivity contribution >= 4 is 31.9 Å². The fourth-order valence-electron chi connectivity index (χ4n) is 0.333. The number of hydrogen-bond donors (Lipinski definition) is 0. The summed E-state index contributed by atoms with van der Waals surface area (Å²) in [4.78, 5) is 0. The predicted molar refractivity (Wildman–Crippen MR) is 45.4 cm³/mol. The summed E-state index contributed by atoms with van der Waals surface area (Å²) in [6, 6.07) is 0. The van der Waals surface area contributed by atoms with E-state index in [2.05, 4.69) is 51.8 Å². The first-order chi connectivity index (χ1) is 3.66. The van der Waals surface area contributed by atoms with Gasteiger partial charge in [-0.05, 0) is 37.8 Å². The lowest BCUT2D eigenvalue weighted by Crippen LogP contribution is -1.82. The molecule has 0 aliphatic rings. The maximum atomic E-state index is 3.29. The minimum absolute atomic E-state index is 0.670. The van der Waals surface area contributed by atoms with Crippen LogP contribution in [-0.2, 0) is 0 Å². The van der Waals surface area contributed by atoms with E-state index in [1.165, 1.54) is 6.42 Å². The third-order valence-electron chi connectivity index (χ3n) is 1.05. The number of rotatable bonds is 2. The van der Waals surface area contributed by atoms with Crippen molar-refractivity contribution in [3.63, 3.8) is 0 Å². The third kappa shape index (κ3) is 4.85. The fourth-order valence-corrected chi connectivity index (χ4v) is 1.24. The number of hydrogen-bond acceptors (Lipinski definition) is 0. The summed E-state index contributed by atoms with van der Waals surface area (Å²) in [6.07, 6.45) is 3.33. The Balaban J connectivity index is 3.51. The molecule has 0 aromatic carbocycles. The lowest BCUT2D eigenvalue weighted by Gasteiger charge is -1.97. The van der Waals surface area contributed by atoms with Gasteiger partial charge < -0.3 is 0 Å². The topological polar surface area (TPSA) is 0 Å². The van der Waals surface area contributed by atoms with E-state index in [0.29, 0.717) is 5.92 Å². The SMILES string of the molecule is CC[C@H](C)C=C(Br)Br. The van der Waals surface area contributed by atoms with E-state index in [-0.39, 0.29) is 0 Å². The Bertz CT molecular complexity index is 82.5. The summed E-state index contributed by atoms with van der Waals surface area (Å²) in [7, 11) is 0. The maximum Gasteiger partial charge on any atom is 0.0566 e. The molecule has 0 radical (unpaired) electrons. The molecule has 1 atom stereocenters. The van der Waals surface area contributed by atoms with Gasteiger partial charge in [0.05, 0.1) is 3.39 Å². The molecule has 0 aliphatic carbocycles. The van der Waals surface area contributed by atoms with E-state index in [9.17, 15) is 0 Å². The second-order valence-electron chi connectivity index (χ2n) is 1.84. The van der Waals surface area contributed by atoms with Crippen LogP contribution in [-0.4, -0.2) is 0 Å². The molecule has 0 saturated carbocycles. The highest BCUT2D eigenvalue weighted by atomic mass is 79.9. The Hall–Kier alpha value is 0.700. The smallest absolute Gasteiger partial charge is 0.0566 e. The van der Waals surface area contributed by atoms with Gasteiger partial charge in [-0.3, -0.25) is 0 Å². The van der Waals surface area contributed by atoms with Crippen LogP contribution < -0.4 is 0 Å². The summed E-state index contributed by atoms with van der Waals surface area (Å²) in [5.74, 6) is 0.670. The Morgan fingerprint density at radius 2 is 2.12 bits per heavy atom. The van der Waals surface area contributed by atoms with E-state index in [1.807, 2.05) is 0 Å². The molecule has 48 valence electrons. The average Bonchev–Trinajstić information content (AvgIpc) is 1.65. The molecule has 0 heterocycles. The fraction of sp³-hybridized carbons (Fsp3) is 0.667. The van der Waals surface area contributed by atoms with Gasteiger partial charge in [0.2, 0.25) is 0 Å². The van der Waals surface area contributed by atoms with E-state index >= 15 is 0 Å². The molecule has 0 spiro atoms. The molecule has 2 heteroatoms. The first-order valence-electron chi connectivity index (χ1n) is 2.69. The minimum Gasteiger partial charge on any atom is -0.0648 e. The Morgan fingerprint density at radius 3 is 2.25 bits per heavy atom. The van der Waals surface area contributed by atoms with Gasteiger partial charge in [0.1, 0.15) is 0 Å². The molecule has 0 aromatic rings. The second-order valence-corrected chi connectivity index (χ2v) is 4.61. The summed E-state index contributed by atoms with van der Waals surface area (Å²) in [5, 5.41) is 0. The quantitative estimate of drug-likeness (QED) is 0.692. The van der Waals surface area contributed by atoms with Crippen LogP contribution in [0.5, 0.6) is 0 Å². The molecule has 8 heavy (non-hydrogen) atoms. The molecule has 0 fully saturated rings. The largest absolute Gasteiger partial charge is 0.0648 e. The summed E-state index contributed by atoms with van der Waals surface area (Å²) in [6.45, 7) is 4.35. The van der Waals surface area contributed by atoms with Gasteiger partial charge in [0, 0.05) is 0 Å². The van der Waals surface area contributed by atoms with E-state index in [0.717, 1.165) is 3.39 Å². The van der Waals surface area contributed by atoms with Crippen LogP contribution in [0.2, 0.25) is 0 Å². The molecule has 0 saturated heterocycles. The van der Waals surface area contributed by atoms with Crippen molar-refractivity contribution in [2.24, 2.45) is 5.92 Å². The Labute approximate surface area is 67.6 Å².